The molecule has 29 heteroatoms. The fourth-order valence-corrected chi connectivity index (χ4v) is 17.0. The predicted molar refractivity (Wildman–Crippen MR) is 300 cm³/mol. The van der Waals surface area contributed by atoms with E-state index in [9.17, 15) is 97.0 Å². The minimum Gasteiger partial charge on any atom is -0.394 e. The maximum atomic E-state index is 12.8. The number of rotatable bonds is 20. The van der Waals surface area contributed by atoms with Gasteiger partial charge in [0.25, 0.3) is 0 Å². The summed E-state index contributed by atoms with van der Waals surface area (Å²) in [5.41, 5.74) is -2.49. The maximum Gasteiger partial charge on any atom is 0.187 e. The Balaban J connectivity index is 0.883. The standard InChI is InChI=1S/C60H102O29/c1-23(9-13-35(57(4,5)79)88-55-50(89-54-49(78)43(72)38(67)29(20-63)84-54)45(74)40(69)31(86-55)22-81-52-47(76)42(71)37(66)28(19-62)83-52)24-15-16-58(6)32-12-10-25-26(60(32,8)33(64)17-59(24,58)7)11-14-34(56(25,2)3)87-53-48(77)44(73)39(68)30(85-53)21-80-51-46(75)41(70)36(65)27(18-61)82-51/h10,23-24,26-55,61-79H,9,11-22H2,1-8H3/t23-,24-,26-,27?,28+,29?,30?,31?,32+,33-,34+,35-,36-,37-,38-,39-,40-,41+,42+,43+,44+,45+,46?,47?,48?,49?,50?,51-,52-,53+,54+,55+,58+,59-,60+/m1/s1. The molecule has 0 radical (unpaired) electrons. The lowest BCUT2D eigenvalue weighted by atomic mass is 9.38. The normalized spacial score (nSPS) is 51.8. The number of allylic oxidation sites excluding steroid dienone is 1. The van der Waals surface area contributed by atoms with Gasteiger partial charge in [0.2, 0.25) is 0 Å². The van der Waals surface area contributed by atoms with E-state index >= 15 is 0 Å². The van der Waals surface area contributed by atoms with Crippen LogP contribution in [0.15, 0.2) is 11.6 Å². The molecule has 5 saturated heterocycles. The molecule has 0 aromatic carbocycles. The van der Waals surface area contributed by atoms with Gasteiger partial charge < -0.3 is 144 Å². The molecule has 0 aromatic rings. The summed E-state index contributed by atoms with van der Waals surface area (Å²) < 4.78 is 59.3. The van der Waals surface area contributed by atoms with E-state index in [-0.39, 0.29) is 35.5 Å². The van der Waals surface area contributed by atoms with Gasteiger partial charge in [-0.2, -0.15) is 0 Å². The topological polar surface area (TPSA) is 477 Å². The lowest BCUT2D eigenvalue weighted by Gasteiger charge is -2.67. The second-order valence-electron chi connectivity index (χ2n) is 28.7. The van der Waals surface area contributed by atoms with Crippen molar-refractivity contribution in [2.24, 2.45) is 45.3 Å². The van der Waals surface area contributed by atoms with Crippen LogP contribution in [0, 0.1) is 45.3 Å². The Morgan fingerprint density at radius 3 is 1.45 bits per heavy atom. The third-order valence-corrected chi connectivity index (χ3v) is 22.9. The summed E-state index contributed by atoms with van der Waals surface area (Å²) in [6.07, 6.45) is -37.4. The van der Waals surface area contributed by atoms with Crippen molar-refractivity contribution in [2.45, 2.75) is 284 Å². The molecule has 29 nitrogen and oxygen atoms in total. The SMILES string of the molecule is C[C@H](CC[C@@H](O[C@@H]1OC(CO[C@@H]2O[C@@H](CO)[C@@H](O)[C@H](O)C2O)[C@@H](O)[C@H](O)C1O[C@@H]1OC(CO)[C@@H](O)[C@H](O)C1O)C(C)(C)O)[C@H]1CC[C@@]2(C)[C@@H]3CC=C4[C@@H](CC[C@H](O[C@@H]5OC(CO[C@@H]6OC(CO)[C@@H](O)[C@H](O)C6O)[C@@H](O)[C@H](O)C5O)C4(C)C)[C@]3(C)[C@H](O)C[C@]12C. The Morgan fingerprint density at radius 1 is 0.517 bits per heavy atom. The molecule has 9 rings (SSSR count). The van der Waals surface area contributed by atoms with Gasteiger partial charge in [0.05, 0.1) is 56.9 Å². The van der Waals surface area contributed by atoms with Gasteiger partial charge in [0.15, 0.2) is 31.5 Å². The molecule has 0 amide bonds. The molecule has 516 valence electrons. The Labute approximate surface area is 517 Å². The second-order valence-corrected chi connectivity index (χ2v) is 28.7. The summed E-state index contributed by atoms with van der Waals surface area (Å²) in [7, 11) is 0. The highest BCUT2D eigenvalue weighted by atomic mass is 16.8. The van der Waals surface area contributed by atoms with E-state index in [1.54, 1.807) is 0 Å². The highest BCUT2D eigenvalue weighted by molar-refractivity contribution is 5.32. The summed E-state index contributed by atoms with van der Waals surface area (Å²) in [6, 6.07) is 0. The number of aliphatic hydroxyl groups is 19. The van der Waals surface area contributed by atoms with Crippen LogP contribution in [-0.4, -0.2) is 308 Å². The Kier molecular flexibility index (Phi) is 22.3. The zero-order chi connectivity index (χ0) is 65.5. The average Bonchev–Trinajstić information content (AvgIpc) is 1.66. The van der Waals surface area contributed by atoms with Crippen LogP contribution >= 0.6 is 0 Å². The molecular formula is C60H102O29. The molecule has 9 unspecified atom stereocenters. The van der Waals surface area contributed by atoms with Gasteiger partial charge >= 0.3 is 0 Å². The van der Waals surface area contributed by atoms with Crippen molar-refractivity contribution < 1.29 is 144 Å². The van der Waals surface area contributed by atoms with Crippen LogP contribution in [0.2, 0.25) is 0 Å². The molecule has 4 aliphatic carbocycles. The highest BCUT2D eigenvalue weighted by Crippen LogP contribution is 2.75. The maximum absolute atomic E-state index is 12.8. The summed E-state index contributed by atoms with van der Waals surface area (Å²) >= 11 is 0. The van der Waals surface area contributed by atoms with Crippen molar-refractivity contribution >= 4 is 0 Å². The number of hydrogen-bond donors (Lipinski definition) is 19. The number of hydrogen-bond acceptors (Lipinski definition) is 29. The summed E-state index contributed by atoms with van der Waals surface area (Å²) in [5, 5.41) is 205. The minimum absolute atomic E-state index is 0.0310. The van der Waals surface area contributed by atoms with E-state index in [0.29, 0.717) is 32.1 Å². The first-order valence-electron chi connectivity index (χ1n) is 31.6. The minimum atomic E-state index is -1.96. The number of fused-ring (bicyclic) bond motifs is 5. The van der Waals surface area contributed by atoms with Gasteiger partial charge in [-0.3, -0.25) is 0 Å². The fourth-order valence-electron chi connectivity index (χ4n) is 17.0. The van der Waals surface area contributed by atoms with Gasteiger partial charge in [0.1, 0.15) is 122 Å². The van der Waals surface area contributed by atoms with Gasteiger partial charge in [-0.15, -0.1) is 0 Å². The van der Waals surface area contributed by atoms with Crippen LogP contribution in [0.4, 0.5) is 0 Å². The molecule has 0 aromatic heterocycles. The van der Waals surface area contributed by atoms with E-state index in [4.69, 9.17) is 47.4 Å². The Hall–Kier alpha value is -1.42. The third-order valence-electron chi connectivity index (χ3n) is 22.9. The van der Waals surface area contributed by atoms with Gasteiger partial charge in [0, 0.05) is 10.8 Å². The predicted octanol–water partition coefficient (Wildman–Crippen LogP) is -5.41. The Bertz CT molecular complexity index is 2340. The third kappa shape index (κ3) is 13.1. The van der Waals surface area contributed by atoms with E-state index in [0.717, 1.165) is 18.4 Å². The van der Waals surface area contributed by atoms with Crippen LogP contribution in [0.5, 0.6) is 0 Å². The van der Waals surface area contributed by atoms with Crippen LogP contribution in [0.1, 0.15) is 107 Å². The first-order chi connectivity index (χ1) is 41.6. The van der Waals surface area contributed by atoms with Crippen LogP contribution in [-0.2, 0) is 47.4 Å². The highest BCUT2D eigenvalue weighted by Gasteiger charge is 2.70. The molecule has 9 aliphatic rings. The zero-order valence-corrected chi connectivity index (χ0v) is 51.8. The van der Waals surface area contributed by atoms with E-state index in [1.807, 2.05) is 13.8 Å². The summed E-state index contributed by atoms with van der Waals surface area (Å²) in [4.78, 5) is 0. The van der Waals surface area contributed by atoms with Gasteiger partial charge in [-0.05, 0) is 99.7 Å². The first kappa shape index (κ1) is 71.9. The molecule has 3 saturated carbocycles. The number of ether oxygens (including phenoxy) is 10. The van der Waals surface area contributed by atoms with Gasteiger partial charge in [-0.1, -0.05) is 53.2 Å². The van der Waals surface area contributed by atoms with Crippen molar-refractivity contribution in [1.82, 2.24) is 0 Å². The van der Waals surface area contributed by atoms with E-state index < -0.39 is 227 Å². The lowest BCUT2D eigenvalue weighted by Crippen LogP contribution is -2.65. The van der Waals surface area contributed by atoms with Crippen LogP contribution in [0.25, 0.3) is 0 Å². The summed E-state index contributed by atoms with van der Waals surface area (Å²) in [5.74, 6) is -0.0172. The molecule has 35 atom stereocenters. The quantitative estimate of drug-likeness (QED) is 0.0506. The zero-order valence-electron chi connectivity index (χ0n) is 51.8. The van der Waals surface area contributed by atoms with Crippen molar-refractivity contribution in [1.29, 1.82) is 0 Å². The fraction of sp³-hybridized carbons (Fsp3) is 0.967. The average molecular weight is 1290 g/mol. The van der Waals surface area contributed by atoms with Gasteiger partial charge in [-0.25, -0.2) is 0 Å². The monoisotopic (exact) mass is 1290 g/mol. The summed E-state index contributed by atoms with van der Waals surface area (Å²) in [6.45, 7) is 12.6. The Morgan fingerprint density at radius 2 is 0.955 bits per heavy atom. The largest absolute Gasteiger partial charge is 0.394 e. The second kappa shape index (κ2) is 27.6. The molecule has 0 spiro atoms. The van der Waals surface area contributed by atoms with Crippen molar-refractivity contribution in [3.05, 3.63) is 11.6 Å². The van der Waals surface area contributed by atoms with Crippen LogP contribution < -0.4 is 0 Å². The first-order valence-corrected chi connectivity index (χ1v) is 31.6. The molecule has 19 N–H and O–H groups in total. The molecule has 5 aliphatic heterocycles. The van der Waals surface area contributed by atoms with Crippen molar-refractivity contribution in [2.75, 3.05) is 33.0 Å². The lowest BCUT2D eigenvalue weighted by molar-refractivity contribution is -0.380. The molecule has 8 fully saturated rings. The van der Waals surface area contributed by atoms with Crippen LogP contribution in [0.3, 0.4) is 0 Å². The smallest absolute Gasteiger partial charge is 0.187 e. The van der Waals surface area contributed by atoms with E-state index in [2.05, 4.69) is 33.8 Å². The molecule has 5 heterocycles. The molecule has 89 heavy (non-hydrogen) atoms. The molecular weight excluding hydrogens is 1180 g/mol. The molecule has 0 bridgehead atoms. The van der Waals surface area contributed by atoms with Crippen molar-refractivity contribution in [3.63, 3.8) is 0 Å². The number of aliphatic hydroxyl groups excluding tert-OH is 18. The van der Waals surface area contributed by atoms with E-state index in [1.165, 1.54) is 13.8 Å². The van der Waals surface area contributed by atoms with Crippen molar-refractivity contribution in [3.8, 4) is 0 Å².